The lowest BCUT2D eigenvalue weighted by atomic mass is 9.78. The predicted octanol–water partition coefficient (Wildman–Crippen LogP) is 1.78. The van der Waals surface area contributed by atoms with E-state index in [-0.39, 0.29) is 5.60 Å². The minimum atomic E-state index is 0.121. The molecule has 1 unspecified atom stereocenters. The maximum Gasteiger partial charge on any atom is 0.0741 e. The van der Waals surface area contributed by atoms with Gasteiger partial charge in [-0.1, -0.05) is 6.92 Å². The lowest BCUT2D eigenvalue weighted by molar-refractivity contribution is -0.153. The van der Waals surface area contributed by atoms with Crippen molar-refractivity contribution in [3.8, 4) is 0 Å². The number of ether oxygens (including phenoxy) is 2. The fourth-order valence-electron chi connectivity index (χ4n) is 4.04. The molecule has 2 N–H and O–H groups in total. The monoisotopic (exact) mass is 282 g/mol. The second kappa shape index (κ2) is 5.91. The molecule has 0 aromatic carbocycles. The molecule has 3 fully saturated rings. The number of piperidine rings is 1. The molecule has 3 heterocycles. The molecule has 3 aliphatic heterocycles. The number of likely N-dealkylation sites (tertiary alicyclic amines) is 1. The van der Waals surface area contributed by atoms with E-state index in [1.54, 1.807) is 0 Å². The van der Waals surface area contributed by atoms with Crippen LogP contribution in [-0.2, 0) is 9.47 Å². The molecule has 20 heavy (non-hydrogen) atoms. The first-order valence-corrected chi connectivity index (χ1v) is 8.31. The summed E-state index contributed by atoms with van der Waals surface area (Å²) in [4.78, 5) is 2.71. The smallest absolute Gasteiger partial charge is 0.0741 e. The summed E-state index contributed by atoms with van der Waals surface area (Å²) in [6.45, 7) is 8.27. The van der Waals surface area contributed by atoms with Gasteiger partial charge in [0.1, 0.15) is 0 Å². The van der Waals surface area contributed by atoms with E-state index in [0.717, 1.165) is 39.2 Å². The average Bonchev–Trinajstić information content (AvgIpc) is 2.49. The number of nitrogens with zero attached hydrogens (tertiary/aromatic N) is 1. The van der Waals surface area contributed by atoms with Gasteiger partial charge in [0.15, 0.2) is 0 Å². The summed E-state index contributed by atoms with van der Waals surface area (Å²) >= 11 is 0. The van der Waals surface area contributed by atoms with E-state index >= 15 is 0 Å². The van der Waals surface area contributed by atoms with Crippen molar-refractivity contribution in [3.63, 3.8) is 0 Å². The lowest BCUT2D eigenvalue weighted by Crippen LogP contribution is -2.54. The van der Waals surface area contributed by atoms with Crippen LogP contribution in [0.25, 0.3) is 0 Å². The molecule has 116 valence electrons. The van der Waals surface area contributed by atoms with Gasteiger partial charge in [-0.3, -0.25) is 0 Å². The minimum Gasteiger partial charge on any atom is -0.381 e. The highest BCUT2D eigenvalue weighted by atomic mass is 16.5. The highest BCUT2D eigenvalue weighted by Crippen LogP contribution is 2.38. The van der Waals surface area contributed by atoms with Crippen LogP contribution in [0.5, 0.6) is 0 Å². The van der Waals surface area contributed by atoms with Gasteiger partial charge in [-0.15, -0.1) is 0 Å². The van der Waals surface area contributed by atoms with E-state index in [1.807, 2.05) is 0 Å². The number of nitrogens with two attached hydrogens (primary N) is 1. The Labute approximate surface area is 123 Å². The van der Waals surface area contributed by atoms with E-state index in [1.165, 1.54) is 38.8 Å². The van der Waals surface area contributed by atoms with Crippen molar-refractivity contribution < 1.29 is 9.47 Å². The van der Waals surface area contributed by atoms with Gasteiger partial charge in [0.05, 0.1) is 5.60 Å². The first kappa shape index (κ1) is 14.8. The zero-order valence-corrected chi connectivity index (χ0v) is 12.9. The zero-order chi connectivity index (χ0) is 14.1. The topological polar surface area (TPSA) is 47.7 Å². The Bertz CT molecular complexity index is 315. The Morgan fingerprint density at radius 2 is 1.80 bits per heavy atom. The van der Waals surface area contributed by atoms with E-state index in [2.05, 4.69) is 11.8 Å². The summed E-state index contributed by atoms with van der Waals surface area (Å²) in [5.41, 5.74) is 6.41. The van der Waals surface area contributed by atoms with Gasteiger partial charge >= 0.3 is 0 Å². The van der Waals surface area contributed by atoms with Crippen LogP contribution in [-0.4, -0.2) is 56.0 Å². The SMILES string of the molecule is CC1(CN)CCN(C2CCOC3(CCOCC3)C2)CC1. The van der Waals surface area contributed by atoms with Crippen molar-refractivity contribution in [2.45, 2.75) is 57.1 Å². The quantitative estimate of drug-likeness (QED) is 0.838. The number of hydrogen-bond acceptors (Lipinski definition) is 4. The van der Waals surface area contributed by atoms with Gasteiger partial charge in [-0.05, 0) is 63.6 Å². The summed E-state index contributed by atoms with van der Waals surface area (Å²) in [5, 5.41) is 0. The van der Waals surface area contributed by atoms with Crippen LogP contribution in [0.3, 0.4) is 0 Å². The molecule has 0 aromatic heterocycles. The van der Waals surface area contributed by atoms with Crippen molar-refractivity contribution in [2.24, 2.45) is 11.1 Å². The second-order valence-corrected chi connectivity index (χ2v) is 7.34. The third-order valence-electron chi connectivity index (χ3n) is 5.89. The Hall–Kier alpha value is -0.160. The van der Waals surface area contributed by atoms with Crippen molar-refractivity contribution >= 4 is 0 Å². The van der Waals surface area contributed by atoms with Crippen molar-refractivity contribution in [2.75, 3.05) is 39.5 Å². The van der Waals surface area contributed by atoms with Crippen LogP contribution in [0.15, 0.2) is 0 Å². The van der Waals surface area contributed by atoms with Crippen molar-refractivity contribution in [1.82, 2.24) is 4.90 Å². The molecule has 0 saturated carbocycles. The predicted molar refractivity (Wildman–Crippen MR) is 79.7 cm³/mol. The largest absolute Gasteiger partial charge is 0.381 e. The first-order chi connectivity index (χ1) is 9.65. The van der Waals surface area contributed by atoms with Gasteiger partial charge < -0.3 is 20.1 Å². The van der Waals surface area contributed by atoms with Crippen LogP contribution in [0.1, 0.15) is 45.4 Å². The van der Waals surface area contributed by atoms with Gasteiger partial charge in [-0.25, -0.2) is 0 Å². The second-order valence-electron chi connectivity index (χ2n) is 7.34. The third-order valence-corrected chi connectivity index (χ3v) is 5.89. The van der Waals surface area contributed by atoms with Gasteiger partial charge in [0.25, 0.3) is 0 Å². The standard InChI is InChI=1S/C16H30N2O2/c1-15(13-17)3-7-18(8-4-15)14-2-9-20-16(12-14)5-10-19-11-6-16/h14H,2-13,17H2,1H3. The summed E-state index contributed by atoms with van der Waals surface area (Å²) in [6, 6.07) is 0.712. The highest BCUT2D eigenvalue weighted by molar-refractivity contribution is 4.94. The fourth-order valence-corrected chi connectivity index (χ4v) is 4.04. The molecule has 4 heteroatoms. The Kier molecular flexibility index (Phi) is 4.37. The van der Waals surface area contributed by atoms with Crippen molar-refractivity contribution in [1.29, 1.82) is 0 Å². The molecule has 3 aliphatic rings. The van der Waals surface area contributed by atoms with Gasteiger partial charge in [0, 0.05) is 25.9 Å². The molecule has 3 rings (SSSR count). The van der Waals surface area contributed by atoms with Crippen LogP contribution in [0.2, 0.25) is 0 Å². The van der Waals surface area contributed by atoms with E-state index in [4.69, 9.17) is 15.2 Å². The first-order valence-electron chi connectivity index (χ1n) is 8.31. The molecule has 0 amide bonds. The van der Waals surface area contributed by atoms with Crippen LogP contribution < -0.4 is 5.73 Å². The zero-order valence-electron chi connectivity index (χ0n) is 12.9. The minimum absolute atomic E-state index is 0.121. The molecule has 3 saturated heterocycles. The molecule has 0 aliphatic carbocycles. The summed E-state index contributed by atoms with van der Waals surface area (Å²) in [6.07, 6.45) is 7.06. The molecule has 0 bridgehead atoms. The van der Waals surface area contributed by atoms with Gasteiger partial charge in [0.2, 0.25) is 0 Å². The van der Waals surface area contributed by atoms with E-state index in [0.29, 0.717) is 11.5 Å². The van der Waals surface area contributed by atoms with Crippen molar-refractivity contribution in [3.05, 3.63) is 0 Å². The molecule has 1 spiro atoms. The third kappa shape index (κ3) is 3.03. The Morgan fingerprint density at radius 3 is 2.45 bits per heavy atom. The van der Waals surface area contributed by atoms with E-state index < -0.39 is 0 Å². The van der Waals surface area contributed by atoms with Crippen LogP contribution >= 0.6 is 0 Å². The number of rotatable bonds is 2. The van der Waals surface area contributed by atoms with Gasteiger partial charge in [-0.2, -0.15) is 0 Å². The number of hydrogen-bond donors (Lipinski definition) is 1. The molecule has 4 nitrogen and oxygen atoms in total. The average molecular weight is 282 g/mol. The Balaban J connectivity index is 1.58. The van der Waals surface area contributed by atoms with E-state index in [9.17, 15) is 0 Å². The molecular formula is C16H30N2O2. The summed E-state index contributed by atoms with van der Waals surface area (Å²) in [7, 11) is 0. The highest BCUT2D eigenvalue weighted by Gasteiger charge is 2.42. The van der Waals surface area contributed by atoms with Crippen LogP contribution in [0.4, 0.5) is 0 Å². The Morgan fingerprint density at radius 1 is 1.10 bits per heavy atom. The molecule has 0 aromatic rings. The fraction of sp³-hybridized carbons (Fsp3) is 1.00. The maximum atomic E-state index is 6.16. The summed E-state index contributed by atoms with van der Waals surface area (Å²) in [5.74, 6) is 0. The normalized spacial score (nSPS) is 34.2. The summed E-state index contributed by atoms with van der Waals surface area (Å²) < 4.78 is 11.7. The van der Waals surface area contributed by atoms with Crippen LogP contribution in [0, 0.1) is 5.41 Å². The maximum absolute atomic E-state index is 6.16. The molecule has 0 radical (unpaired) electrons. The molecule has 1 atom stereocenters. The lowest BCUT2D eigenvalue weighted by Gasteiger charge is -2.49. The molecular weight excluding hydrogens is 252 g/mol.